The van der Waals surface area contributed by atoms with Gasteiger partial charge in [0.25, 0.3) is 5.91 Å². The number of aromatic nitrogens is 2. The Bertz CT molecular complexity index is 1050. The maximum Gasteiger partial charge on any atom is 0.283 e. The summed E-state index contributed by atoms with van der Waals surface area (Å²) in [6.45, 7) is 0.0654. The van der Waals surface area contributed by atoms with Crippen LogP contribution in [0.4, 0.5) is 0 Å². The van der Waals surface area contributed by atoms with Crippen LogP contribution in [0.2, 0.25) is 0 Å². The lowest BCUT2D eigenvalue weighted by Gasteiger charge is -2.25. The fourth-order valence-electron chi connectivity index (χ4n) is 2.69. The fraction of sp³-hybridized carbons (Fsp3) is 0.211. The first-order valence-electron chi connectivity index (χ1n) is 8.76. The van der Waals surface area contributed by atoms with Crippen molar-refractivity contribution in [2.24, 2.45) is 0 Å². The molecule has 2 aromatic carbocycles. The molecule has 150 valence electrons. The number of nitrogens with zero attached hydrogens (tertiary/aromatic N) is 1. The number of hydrogen-bond acceptors (Lipinski definition) is 7. The SMILES string of the molecule is COc1ccc2nc(SCC(=O)NNC(=O)C3COc4ccccc4O3)[nH]c2c1. The molecule has 0 spiro atoms. The molecule has 29 heavy (non-hydrogen) atoms. The fourth-order valence-corrected chi connectivity index (χ4v) is 3.38. The van der Waals surface area contributed by atoms with Gasteiger partial charge in [-0.05, 0) is 24.3 Å². The van der Waals surface area contributed by atoms with Gasteiger partial charge in [0.05, 0.1) is 23.9 Å². The van der Waals surface area contributed by atoms with Gasteiger partial charge in [-0.2, -0.15) is 0 Å². The van der Waals surface area contributed by atoms with E-state index in [-0.39, 0.29) is 18.3 Å². The molecule has 0 radical (unpaired) electrons. The maximum absolute atomic E-state index is 12.2. The first-order valence-corrected chi connectivity index (χ1v) is 9.74. The summed E-state index contributed by atoms with van der Waals surface area (Å²) in [4.78, 5) is 31.8. The number of para-hydroxylation sites is 2. The zero-order chi connectivity index (χ0) is 20.2. The molecule has 0 bridgehead atoms. The zero-order valence-electron chi connectivity index (χ0n) is 15.4. The molecule has 0 saturated heterocycles. The predicted octanol–water partition coefficient (Wildman–Crippen LogP) is 1.65. The van der Waals surface area contributed by atoms with Crippen LogP contribution in [0.15, 0.2) is 47.6 Å². The predicted molar refractivity (Wildman–Crippen MR) is 106 cm³/mol. The number of rotatable bonds is 5. The molecule has 0 fully saturated rings. The second-order valence-corrected chi connectivity index (χ2v) is 7.08. The molecule has 2 heterocycles. The third kappa shape index (κ3) is 4.37. The van der Waals surface area contributed by atoms with Crippen LogP contribution in [0, 0.1) is 0 Å². The molecule has 2 amide bonds. The number of methoxy groups -OCH3 is 1. The van der Waals surface area contributed by atoms with Crippen molar-refractivity contribution < 1.29 is 23.8 Å². The van der Waals surface area contributed by atoms with E-state index in [0.29, 0.717) is 16.7 Å². The number of hydrazine groups is 1. The van der Waals surface area contributed by atoms with Crippen LogP contribution < -0.4 is 25.1 Å². The highest BCUT2D eigenvalue weighted by molar-refractivity contribution is 7.99. The second kappa shape index (κ2) is 8.31. The summed E-state index contributed by atoms with van der Waals surface area (Å²) in [5.41, 5.74) is 6.32. The van der Waals surface area contributed by atoms with E-state index in [1.54, 1.807) is 25.3 Å². The standard InChI is InChI=1S/C19H18N4O5S/c1-26-11-6-7-12-13(8-11)21-19(20-12)29-10-17(24)22-23-18(25)16-9-27-14-4-2-3-5-15(14)28-16/h2-8,16H,9-10H2,1H3,(H,20,21)(H,22,24)(H,23,25). The van der Waals surface area contributed by atoms with E-state index in [1.165, 1.54) is 11.8 Å². The van der Waals surface area contributed by atoms with E-state index in [9.17, 15) is 9.59 Å². The van der Waals surface area contributed by atoms with Gasteiger partial charge in [-0.25, -0.2) is 4.98 Å². The van der Waals surface area contributed by atoms with Crippen LogP contribution in [0.3, 0.4) is 0 Å². The third-order valence-electron chi connectivity index (χ3n) is 4.13. The van der Waals surface area contributed by atoms with Crippen LogP contribution in [0.25, 0.3) is 11.0 Å². The summed E-state index contributed by atoms with van der Waals surface area (Å²) < 4.78 is 16.3. The molecule has 3 aromatic rings. The van der Waals surface area contributed by atoms with E-state index < -0.39 is 12.0 Å². The zero-order valence-corrected chi connectivity index (χ0v) is 16.2. The number of carbonyl (C=O) groups excluding carboxylic acids is 2. The Kier molecular flexibility index (Phi) is 5.43. The van der Waals surface area contributed by atoms with Gasteiger partial charge in [0.1, 0.15) is 12.4 Å². The number of H-pyrrole nitrogens is 1. The molecule has 1 unspecified atom stereocenters. The highest BCUT2D eigenvalue weighted by atomic mass is 32.2. The minimum Gasteiger partial charge on any atom is -0.497 e. The summed E-state index contributed by atoms with van der Waals surface area (Å²) in [6.07, 6.45) is -0.844. The van der Waals surface area contributed by atoms with E-state index >= 15 is 0 Å². The van der Waals surface area contributed by atoms with Crippen LogP contribution in [0.5, 0.6) is 17.2 Å². The Labute approximate surface area is 170 Å². The van der Waals surface area contributed by atoms with E-state index in [2.05, 4.69) is 20.8 Å². The van der Waals surface area contributed by atoms with Gasteiger partial charge >= 0.3 is 0 Å². The highest BCUT2D eigenvalue weighted by Gasteiger charge is 2.27. The van der Waals surface area contributed by atoms with Crippen molar-refractivity contribution in [3.63, 3.8) is 0 Å². The number of amides is 2. The molecule has 0 aliphatic carbocycles. The van der Waals surface area contributed by atoms with Crippen LogP contribution >= 0.6 is 11.8 Å². The number of carbonyl (C=O) groups is 2. The monoisotopic (exact) mass is 414 g/mol. The highest BCUT2D eigenvalue weighted by Crippen LogP contribution is 2.30. The van der Waals surface area contributed by atoms with Crippen molar-refractivity contribution >= 4 is 34.6 Å². The van der Waals surface area contributed by atoms with Crippen molar-refractivity contribution in [1.82, 2.24) is 20.8 Å². The Morgan fingerprint density at radius 1 is 1.24 bits per heavy atom. The average Bonchev–Trinajstić information content (AvgIpc) is 3.17. The second-order valence-electron chi connectivity index (χ2n) is 6.12. The van der Waals surface area contributed by atoms with Gasteiger partial charge in [0.15, 0.2) is 16.7 Å². The van der Waals surface area contributed by atoms with Crippen LogP contribution in [-0.4, -0.2) is 47.4 Å². The molecule has 1 atom stereocenters. The number of imidazole rings is 1. The van der Waals surface area contributed by atoms with Crippen molar-refractivity contribution in [3.8, 4) is 17.2 Å². The summed E-state index contributed by atoms with van der Waals surface area (Å²) in [7, 11) is 1.59. The minimum atomic E-state index is -0.844. The first kappa shape index (κ1) is 18.9. The van der Waals surface area contributed by atoms with Crippen LogP contribution in [0.1, 0.15) is 0 Å². The molecule has 0 saturated carbocycles. The maximum atomic E-state index is 12.2. The van der Waals surface area contributed by atoms with Crippen molar-refractivity contribution in [2.75, 3.05) is 19.5 Å². The van der Waals surface area contributed by atoms with Crippen molar-refractivity contribution in [1.29, 1.82) is 0 Å². The largest absolute Gasteiger partial charge is 0.497 e. The lowest BCUT2D eigenvalue weighted by atomic mass is 10.2. The van der Waals surface area contributed by atoms with Gasteiger partial charge in [0, 0.05) is 6.07 Å². The molecule has 10 heteroatoms. The van der Waals surface area contributed by atoms with Gasteiger partial charge in [0.2, 0.25) is 12.0 Å². The Hall–Kier alpha value is -3.40. The van der Waals surface area contributed by atoms with Crippen LogP contribution in [-0.2, 0) is 9.59 Å². The number of hydrogen-bond donors (Lipinski definition) is 3. The first-order chi connectivity index (χ1) is 14.1. The lowest BCUT2D eigenvalue weighted by molar-refractivity contribution is -0.134. The van der Waals surface area contributed by atoms with Crippen molar-refractivity contribution in [2.45, 2.75) is 11.3 Å². The smallest absolute Gasteiger partial charge is 0.283 e. The number of nitrogens with one attached hydrogen (secondary N) is 3. The molecule has 4 rings (SSSR count). The Balaban J connectivity index is 1.25. The molecule has 9 nitrogen and oxygen atoms in total. The summed E-state index contributed by atoms with van der Waals surface area (Å²) in [5.74, 6) is 0.992. The molecule has 1 aromatic heterocycles. The molecular formula is C19H18N4O5S. The van der Waals surface area contributed by atoms with Gasteiger partial charge in [-0.15, -0.1) is 0 Å². The van der Waals surface area contributed by atoms with E-state index in [4.69, 9.17) is 14.2 Å². The molecule has 1 aliphatic rings. The van der Waals surface area contributed by atoms with Gasteiger partial charge in [-0.1, -0.05) is 23.9 Å². The van der Waals surface area contributed by atoms with E-state index in [1.807, 2.05) is 24.3 Å². The molecular weight excluding hydrogens is 396 g/mol. The topological polar surface area (TPSA) is 115 Å². The molecule has 1 aliphatic heterocycles. The number of aromatic amines is 1. The lowest BCUT2D eigenvalue weighted by Crippen LogP contribution is -2.51. The quantitative estimate of drug-likeness (QED) is 0.430. The van der Waals surface area contributed by atoms with Gasteiger partial charge < -0.3 is 19.2 Å². The Morgan fingerprint density at radius 2 is 2.07 bits per heavy atom. The number of benzene rings is 2. The van der Waals surface area contributed by atoms with Crippen molar-refractivity contribution in [3.05, 3.63) is 42.5 Å². The average molecular weight is 414 g/mol. The summed E-state index contributed by atoms with van der Waals surface area (Å²) in [6, 6.07) is 12.6. The minimum absolute atomic E-state index is 0.0654. The van der Waals surface area contributed by atoms with E-state index in [0.717, 1.165) is 16.8 Å². The summed E-state index contributed by atoms with van der Waals surface area (Å²) >= 11 is 1.22. The number of fused-ring (bicyclic) bond motifs is 2. The third-order valence-corrected chi connectivity index (χ3v) is 5.01. The summed E-state index contributed by atoms with van der Waals surface area (Å²) in [5, 5.41) is 0.593. The van der Waals surface area contributed by atoms with Gasteiger partial charge in [-0.3, -0.25) is 20.4 Å². The number of ether oxygens (including phenoxy) is 3. The Morgan fingerprint density at radius 3 is 2.90 bits per heavy atom. The number of thioether (sulfide) groups is 1. The normalized spacial score (nSPS) is 15.0. The molecule has 3 N–H and O–H groups in total.